The number of aromatic nitrogens is 1. The van der Waals surface area contributed by atoms with Gasteiger partial charge >= 0.3 is 0 Å². The Hall–Kier alpha value is -1.39. The van der Waals surface area contributed by atoms with Crippen LogP contribution in [0.5, 0.6) is 0 Å². The van der Waals surface area contributed by atoms with Gasteiger partial charge in [0.05, 0.1) is 5.69 Å². The van der Waals surface area contributed by atoms with Gasteiger partial charge in [-0.15, -0.1) is 0 Å². The minimum Gasteiger partial charge on any atom is -0.326 e. The van der Waals surface area contributed by atoms with Crippen molar-refractivity contribution in [2.75, 3.05) is 11.4 Å². The second kappa shape index (κ2) is 8.15. The largest absolute Gasteiger partial charge is 0.326 e. The predicted octanol–water partition coefficient (Wildman–Crippen LogP) is 4.49. The Balaban J connectivity index is 2.32. The van der Waals surface area contributed by atoms with Crippen molar-refractivity contribution in [1.82, 2.24) is 4.98 Å². The molecule has 2 rings (SSSR count). The van der Waals surface area contributed by atoms with E-state index in [4.69, 9.17) is 10.7 Å². The van der Waals surface area contributed by atoms with E-state index in [9.17, 15) is 0 Å². The lowest BCUT2D eigenvalue weighted by Gasteiger charge is -2.21. The maximum absolute atomic E-state index is 5.89. The molecule has 3 nitrogen and oxygen atoms in total. The monoisotopic (exact) mass is 303 g/mol. The van der Waals surface area contributed by atoms with Crippen LogP contribution in [0, 0.1) is 0 Å². The molecular weight excluding hydrogens is 278 g/mol. The van der Waals surface area contributed by atoms with Gasteiger partial charge in [0.2, 0.25) is 0 Å². The Morgan fingerprint density at radius 2 is 1.90 bits per heavy atom. The third-order valence-corrected chi connectivity index (χ3v) is 4.62. The summed E-state index contributed by atoms with van der Waals surface area (Å²) in [6.07, 6.45) is 4.46. The summed E-state index contributed by atoms with van der Waals surface area (Å²) < 4.78 is 0. The molecule has 0 unspecified atom stereocenters. The van der Waals surface area contributed by atoms with E-state index >= 15 is 0 Å². The Bertz CT molecular complexity index is 536. The molecule has 2 aromatic rings. The lowest BCUT2D eigenvalue weighted by atomic mass is 10.2. The Morgan fingerprint density at radius 3 is 2.52 bits per heavy atom. The molecular formula is C17H25N3S. The SMILES string of the molecule is CCCCN(c1ccccc1)c1nc(CCC)c(CN)s1. The van der Waals surface area contributed by atoms with Gasteiger partial charge in [-0.3, -0.25) is 0 Å². The normalized spacial score (nSPS) is 10.8. The minimum absolute atomic E-state index is 0.587. The molecule has 0 aliphatic rings. The molecule has 0 bridgehead atoms. The summed E-state index contributed by atoms with van der Waals surface area (Å²) in [4.78, 5) is 8.42. The van der Waals surface area contributed by atoms with Crippen molar-refractivity contribution in [3.63, 3.8) is 0 Å². The fourth-order valence-corrected chi connectivity index (χ4v) is 3.37. The number of nitrogens with zero attached hydrogens (tertiary/aromatic N) is 2. The summed E-state index contributed by atoms with van der Waals surface area (Å²) >= 11 is 1.74. The Morgan fingerprint density at radius 1 is 1.14 bits per heavy atom. The van der Waals surface area contributed by atoms with Gasteiger partial charge in [-0.05, 0) is 25.0 Å². The third kappa shape index (κ3) is 4.05. The van der Waals surface area contributed by atoms with Crippen LogP contribution in [0.15, 0.2) is 30.3 Å². The highest BCUT2D eigenvalue weighted by atomic mass is 32.1. The van der Waals surface area contributed by atoms with Crippen LogP contribution >= 0.6 is 11.3 Å². The molecule has 0 atom stereocenters. The third-order valence-electron chi connectivity index (χ3n) is 3.47. The number of thiazole rings is 1. The summed E-state index contributed by atoms with van der Waals surface area (Å²) in [6, 6.07) is 10.5. The molecule has 1 aromatic carbocycles. The van der Waals surface area contributed by atoms with Gasteiger partial charge in [0, 0.05) is 23.7 Å². The number of para-hydroxylation sites is 1. The second-order valence-electron chi connectivity index (χ2n) is 5.16. The van der Waals surface area contributed by atoms with Crippen LogP contribution in [0.1, 0.15) is 43.7 Å². The lowest BCUT2D eigenvalue weighted by molar-refractivity contribution is 0.781. The van der Waals surface area contributed by atoms with Crippen molar-refractivity contribution < 1.29 is 0 Å². The van der Waals surface area contributed by atoms with Gasteiger partial charge in [0.15, 0.2) is 5.13 Å². The van der Waals surface area contributed by atoms with Crippen LogP contribution in [0.3, 0.4) is 0 Å². The zero-order valence-electron chi connectivity index (χ0n) is 13.0. The topological polar surface area (TPSA) is 42.2 Å². The van der Waals surface area contributed by atoms with E-state index in [1.807, 2.05) is 0 Å². The number of anilines is 2. The van der Waals surface area contributed by atoms with Gasteiger partial charge < -0.3 is 10.6 Å². The molecule has 0 aliphatic carbocycles. The molecule has 1 heterocycles. The van der Waals surface area contributed by atoms with Gasteiger partial charge in [-0.1, -0.05) is 56.2 Å². The van der Waals surface area contributed by atoms with Crippen LogP contribution in [-0.4, -0.2) is 11.5 Å². The average Bonchev–Trinajstić information content (AvgIpc) is 2.92. The van der Waals surface area contributed by atoms with Crippen molar-refractivity contribution in [1.29, 1.82) is 0 Å². The van der Waals surface area contributed by atoms with Crippen LogP contribution in [0.2, 0.25) is 0 Å². The average molecular weight is 303 g/mol. The fraction of sp³-hybridized carbons (Fsp3) is 0.471. The van der Waals surface area contributed by atoms with Crippen molar-refractivity contribution in [2.45, 2.75) is 46.1 Å². The predicted molar refractivity (Wildman–Crippen MR) is 92.4 cm³/mol. The zero-order chi connectivity index (χ0) is 15.1. The van der Waals surface area contributed by atoms with Crippen LogP contribution in [-0.2, 0) is 13.0 Å². The minimum atomic E-state index is 0.587. The highest BCUT2D eigenvalue weighted by molar-refractivity contribution is 7.15. The van der Waals surface area contributed by atoms with E-state index in [1.165, 1.54) is 22.7 Å². The number of benzene rings is 1. The maximum atomic E-state index is 5.89. The molecule has 0 radical (unpaired) electrons. The molecule has 0 amide bonds. The van der Waals surface area contributed by atoms with Gasteiger partial charge in [-0.2, -0.15) is 0 Å². The van der Waals surface area contributed by atoms with E-state index < -0.39 is 0 Å². The first-order chi connectivity index (χ1) is 10.3. The molecule has 1 aromatic heterocycles. The standard InChI is InChI=1S/C17H25N3S/c1-3-5-12-20(14-10-7-6-8-11-14)17-19-15(9-4-2)16(13-18)21-17/h6-8,10-11H,3-5,9,12-13,18H2,1-2H3. The lowest BCUT2D eigenvalue weighted by Crippen LogP contribution is -2.18. The number of nitrogens with two attached hydrogens (primary N) is 1. The number of aryl methyl sites for hydroxylation is 1. The Kier molecular flexibility index (Phi) is 6.21. The Labute approximate surface area is 131 Å². The van der Waals surface area contributed by atoms with Crippen molar-refractivity contribution in [2.24, 2.45) is 5.73 Å². The summed E-state index contributed by atoms with van der Waals surface area (Å²) in [7, 11) is 0. The van der Waals surface area contributed by atoms with E-state index in [0.717, 1.165) is 30.9 Å². The van der Waals surface area contributed by atoms with Crippen LogP contribution < -0.4 is 10.6 Å². The van der Waals surface area contributed by atoms with Crippen molar-refractivity contribution >= 4 is 22.2 Å². The van der Waals surface area contributed by atoms with Gasteiger partial charge in [0.25, 0.3) is 0 Å². The first-order valence-corrected chi connectivity index (χ1v) is 8.63. The molecule has 4 heteroatoms. The summed E-state index contributed by atoms with van der Waals surface area (Å²) in [5.41, 5.74) is 8.28. The molecule has 0 fully saturated rings. The fourth-order valence-electron chi connectivity index (χ4n) is 2.34. The second-order valence-corrected chi connectivity index (χ2v) is 6.22. The number of hydrogen-bond donors (Lipinski definition) is 1. The molecule has 2 N–H and O–H groups in total. The molecule has 0 saturated heterocycles. The van der Waals surface area contributed by atoms with Crippen LogP contribution in [0.25, 0.3) is 0 Å². The molecule has 0 aliphatic heterocycles. The van der Waals surface area contributed by atoms with E-state index in [-0.39, 0.29) is 0 Å². The smallest absolute Gasteiger partial charge is 0.190 e. The molecule has 0 spiro atoms. The first kappa shape index (κ1) is 16.0. The van der Waals surface area contributed by atoms with Crippen LogP contribution in [0.4, 0.5) is 10.8 Å². The molecule has 21 heavy (non-hydrogen) atoms. The highest BCUT2D eigenvalue weighted by Gasteiger charge is 2.16. The summed E-state index contributed by atoms with van der Waals surface area (Å²) in [5.74, 6) is 0. The van der Waals surface area contributed by atoms with Gasteiger partial charge in [0.1, 0.15) is 0 Å². The summed E-state index contributed by atoms with van der Waals surface area (Å²) in [6.45, 7) is 6.00. The van der Waals surface area contributed by atoms with Gasteiger partial charge in [-0.25, -0.2) is 4.98 Å². The van der Waals surface area contributed by atoms with Crippen molar-refractivity contribution in [3.05, 3.63) is 40.9 Å². The number of hydrogen-bond acceptors (Lipinski definition) is 4. The molecule has 114 valence electrons. The molecule has 0 saturated carbocycles. The maximum Gasteiger partial charge on any atom is 0.190 e. The van der Waals surface area contributed by atoms with E-state index in [0.29, 0.717) is 6.54 Å². The van der Waals surface area contributed by atoms with E-state index in [1.54, 1.807) is 11.3 Å². The first-order valence-electron chi connectivity index (χ1n) is 7.81. The number of unbranched alkanes of at least 4 members (excludes halogenated alkanes) is 1. The number of rotatable bonds is 8. The van der Waals surface area contributed by atoms with Crippen molar-refractivity contribution in [3.8, 4) is 0 Å². The summed E-state index contributed by atoms with van der Waals surface area (Å²) in [5, 5.41) is 1.08. The highest BCUT2D eigenvalue weighted by Crippen LogP contribution is 2.32. The quantitative estimate of drug-likeness (QED) is 0.781. The van der Waals surface area contributed by atoms with E-state index in [2.05, 4.69) is 49.1 Å². The zero-order valence-corrected chi connectivity index (χ0v) is 13.8.